The van der Waals surface area contributed by atoms with Crippen LogP contribution in [0.2, 0.25) is 0 Å². The first kappa shape index (κ1) is 14.8. The van der Waals surface area contributed by atoms with Crippen LogP contribution in [0.5, 0.6) is 0 Å². The van der Waals surface area contributed by atoms with E-state index in [2.05, 4.69) is 20.4 Å². The Labute approximate surface area is 119 Å². The van der Waals surface area contributed by atoms with Crippen molar-refractivity contribution in [1.29, 1.82) is 0 Å². The van der Waals surface area contributed by atoms with Gasteiger partial charge in [-0.25, -0.2) is 18.7 Å². The van der Waals surface area contributed by atoms with Crippen molar-refractivity contribution >= 4 is 17.4 Å². The molecule has 3 N–H and O–H groups in total. The van der Waals surface area contributed by atoms with Crippen molar-refractivity contribution in [2.75, 3.05) is 12.0 Å². The predicted molar refractivity (Wildman–Crippen MR) is 71.7 cm³/mol. The smallest absolute Gasteiger partial charge is 0.271 e. The van der Waals surface area contributed by atoms with Gasteiger partial charge in [0.25, 0.3) is 5.91 Å². The summed E-state index contributed by atoms with van der Waals surface area (Å²) < 4.78 is 26.5. The maximum Gasteiger partial charge on any atom is 0.271 e. The number of rotatable bonds is 6. The number of primary amides is 1. The molecule has 2 heterocycles. The van der Waals surface area contributed by atoms with E-state index in [-0.39, 0.29) is 18.1 Å². The van der Waals surface area contributed by atoms with Crippen molar-refractivity contribution in [3.05, 3.63) is 30.0 Å². The highest BCUT2D eigenvalue weighted by Crippen LogP contribution is 2.20. The molecule has 0 saturated heterocycles. The number of carbonyl (C=O) groups is 1. The number of aryl methyl sites for hydroxylation is 1. The molecule has 112 valence electrons. The average Bonchev–Trinajstić information content (AvgIpc) is 2.79. The minimum Gasteiger partial charge on any atom is -0.364 e. The standard InChI is InChI=1S/C12H14F2N6O/c1-7-9(6-20(19-7)5-8(14)4-13)18-12-10(11(15)21)16-2-3-17-12/h2-3,6,8H,4-5H2,1H3,(H2,15,21)(H,17,18)/t8-/m0/s1. The number of carbonyl (C=O) groups excluding carboxylic acids is 1. The zero-order valence-electron chi connectivity index (χ0n) is 11.3. The SMILES string of the molecule is Cc1nn(C[C@@H](F)CF)cc1Nc1nccnc1C(N)=O. The molecule has 2 aromatic heterocycles. The largest absolute Gasteiger partial charge is 0.364 e. The van der Waals surface area contributed by atoms with Crippen molar-refractivity contribution in [3.8, 4) is 0 Å². The Balaban J connectivity index is 2.22. The third-order valence-corrected chi connectivity index (χ3v) is 2.68. The minimum absolute atomic E-state index is 0.0169. The Hall–Kier alpha value is -2.58. The van der Waals surface area contributed by atoms with Crippen molar-refractivity contribution in [1.82, 2.24) is 19.7 Å². The van der Waals surface area contributed by atoms with Gasteiger partial charge >= 0.3 is 0 Å². The first-order valence-corrected chi connectivity index (χ1v) is 6.13. The van der Waals surface area contributed by atoms with Crippen molar-refractivity contribution in [3.63, 3.8) is 0 Å². The zero-order valence-corrected chi connectivity index (χ0v) is 11.3. The molecule has 0 aliphatic rings. The maximum atomic E-state index is 13.0. The Kier molecular flexibility index (Phi) is 4.41. The van der Waals surface area contributed by atoms with E-state index in [1.54, 1.807) is 6.92 Å². The van der Waals surface area contributed by atoms with Crippen LogP contribution >= 0.6 is 0 Å². The van der Waals surface area contributed by atoms with E-state index in [1.807, 2.05) is 0 Å². The van der Waals surface area contributed by atoms with E-state index >= 15 is 0 Å². The molecule has 0 fully saturated rings. The van der Waals surface area contributed by atoms with E-state index in [0.29, 0.717) is 11.4 Å². The lowest BCUT2D eigenvalue weighted by molar-refractivity contribution is 0.0996. The molecule has 1 atom stereocenters. The van der Waals surface area contributed by atoms with Crippen LogP contribution in [-0.4, -0.2) is 38.5 Å². The molecule has 9 heteroatoms. The molecule has 0 saturated carbocycles. The summed E-state index contributed by atoms with van der Waals surface area (Å²) in [5, 5.41) is 6.91. The zero-order chi connectivity index (χ0) is 15.4. The topological polar surface area (TPSA) is 98.7 Å². The van der Waals surface area contributed by atoms with Crippen LogP contribution in [0.25, 0.3) is 0 Å². The van der Waals surface area contributed by atoms with Gasteiger partial charge in [-0.3, -0.25) is 9.48 Å². The molecule has 0 bridgehead atoms. The van der Waals surface area contributed by atoms with Crippen molar-refractivity contribution in [2.24, 2.45) is 5.73 Å². The summed E-state index contributed by atoms with van der Waals surface area (Å²) in [6.45, 7) is 0.418. The summed E-state index contributed by atoms with van der Waals surface area (Å²) in [6.07, 6.45) is 2.62. The molecule has 2 aromatic rings. The summed E-state index contributed by atoms with van der Waals surface area (Å²) in [6, 6.07) is 0. The van der Waals surface area contributed by atoms with Crippen molar-refractivity contribution < 1.29 is 13.6 Å². The van der Waals surface area contributed by atoms with E-state index in [4.69, 9.17) is 5.73 Å². The highest BCUT2D eigenvalue weighted by atomic mass is 19.2. The molecule has 7 nitrogen and oxygen atoms in total. The summed E-state index contributed by atoms with van der Waals surface area (Å²) >= 11 is 0. The van der Waals surface area contributed by atoms with Gasteiger partial charge in [-0.05, 0) is 6.92 Å². The first-order chi connectivity index (χ1) is 10.0. The predicted octanol–water partition coefficient (Wildman–Crippen LogP) is 1.13. The molecule has 21 heavy (non-hydrogen) atoms. The van der Waals surface area contributed by atoms with Crippen LogP contribution in [0.15, 0.2) is 18.6 Å². The number of halogens is 2. The number of anilines is 2. The molecule has 0 spiro atoms. The fourth-order valence-electron chi connectivity index (χ4n) is 1.72. The lowest BCUT2D eigenvalue weighted by Crippen LogP contribution is -2.16. The van der Waals surface area contributed by atoms with Gasteiger partial charge in [0.05, 0.1) is 17.9 Å². The molecule has 0 aromatic carbocycles. The average molecular weight is 296 g/mol. The molecule has 0 aliphatic carbocycles. The van der Waals surface area contributed by atoms with E-state index in [0.717, 1.165) is 0 Å². The maximum absolute atomic E-state index is 13.0. The Morgan fingerprint density at radius 2 is 2.19 bits per heavy atom. The fraction of sp³-hybridized carbons (Fsp3) is 0.333. The lowest BCUT2D eigenvalue weighted by Gasteiger charge is -2.06. The minimum atomic E-state index is -1.62. The van der Waals surface area contributed by atoms with E-state index in [1.165, 1.54) is 23.3 Å². The van der Waals surface area contributed by atoms with E-state index < -0.39 is 18.8 Å². The van der Waals surface area contributed by atoms with Gasteiger partial charge in [0.15, 0.2) is 11.5 Å². The highest BCUT2D eigenvalue weighted by molar-refractivity contribution is 5.96. The van der Waals surface area contributed by atoms with Crippen LogP contribution in [0.4, 0.5) is 20.3 Å². The first-order valence-electron chi connectivity index (χ1n) is 6.13. The Bertz CT molecular complexity index is 644. The van der Waals surface area contributed by atoms with Crippen LogP contribution in [0.1, 0.15) is 16.2 Å². The normalized spacial score (nSPS) is 12.1. The number of hydrogen-bond donors (Lipinski definition) is 2. The van der Waals surface area contributed by atoms with Gasteiger partial charge in [0, 0.05) is 18.6 Å². The Morgan fingerprint density at radius 1 is 1.48 bits per heavy atom. The molecule has 2 rings (SSSR count). The van der Waals surface area contributed by atoms with E-state index in [9.17, 15) is 13.6 Å². The van der Waals surface area contributed by atoms with Gasteiger partial charge < -0.3 is 11.1 Å². The van der Waals surface area contributed by atoms with Crippen LogP contribution in [-0.2, 0) is 6.54 Å². The van der Waals surface area contributed by atoms with Gasteiger partial charge in [0.2, 0.25) is 0 Å². The summed E-state index contributed by atoms with van der Waals surface area (Å²) in [5.41, 5.74) is 6.23. The highest BCUT2D eigenvalue weighted by Gasteiger charge is 2.14. The van der Waals surface area contributed by atoms with Crippen molar-refractivity contribution in [2.45, 2.75) is 19.6 Å². The molecule has 1 amide bonds. The molecular weight excluding hydrogens is 282 g/mol. The molecule has 0 aliphatic heterocycles. The Morgan fingerprint density at radius 3 is 2.86 bits per heavy atom. The third kappa shape index (κ3) is 3.50. The number of nitrogens with one attached hydrogen (secondary N) is 1. The number of nitrogens with two attached hydrogens (primary N) is 1. The summed E-state index contributed by atoms with van der Waals surface area (Å²) in [4.78, 5) is 19.1. The fourth-order valence-corrected chi connectivity index (χ4v) is 1.72. The second-order valence-corrected chi connectivity index (χ2v) is 4.34. The van der Waals surface area contributed by atoms with Crippen LogP contribution in [0.3, 0.4) is 0 Å². The monoisotopic (exact) mass is 296 g/mol. The van der Waals surface area contributed by atoms with Gasteiger partial charge in [-0.15, -0.1) is 0 Å². The molecule has 0 radical (unpaired) electrons. The van der Waals surface area contributed by atoms with Gasteiger partial charge in [0.1, 0.15) is 12.8 Å². The number of nitrogens with zero attached hydrogens (tertiary/aromatic N) is 4. The molecular formula is C12H14F2N6O. The second-order valence-electron chi connectivity index (χ2n) is 4.34. The van der Waals surface area contributed by atoms with Crippen LogP contribution < -0.4 is 11.1 Å². The summed E-state index contributed by atoms with van der Waals surface area (Å²) in [5.74, 6) is -0.549. The number of amides is 1. The van der Waals surface area contributed by atoms with Crippen LogP contribution in [0, 0.1) is 6.92 Å². The second kappa shape index (κ2) is 6.25. The number of hydrogen-bond acceptors (Lipinski definition) is 5. The third-order valence-electron chi connectivity index (χ3n) is 2.68. The summed E-state index contributed by atoms with van der Waals surface area (Å²) in [7, 11) is 0. The number of aromatic nitrogens is 4. The number of alkyl halides is 2. The lowest BCUT2D eigenvalue weighted by atomic mass is 10.3. The van der Waals surface area contributed by atoms with Gasteiger partial charge in [-0.1, -0.05) is 0 Å². The quantitative estimate of drug-likeness (QED) is 0.832. The van der Waals surface area contributed by atoms with Gasteiger partial charge in [-0.2, -0.15) is 5.10 Å². The molecule has 0 unspecified atom stereocenters.